The summed E-state index contributed by atoms with van der Waals surface area (Å²) in [6, 6.07) is 21.9. The van der Waals surface area contributed by atoms with Gasteiger partial charge in [0.05, 0.1) is 7.49 Å². The highest BCUT2D eigenvalue weighted by Crippen LogP contribution is 2.51. The van der Waals surface area contributed by atoms with Crippen LogP contribution in [0.3, 0.4) is 0 Å². The van der Waals surface area contributed by atoms with Crippen LogP contribution in [0.5, 0.6) is 0 Å². The quantitative estimate of drug-likeness (QED) is 0.642. The van der Waals surface area contributed by atoms with Crippen molar-refractivity contribution in [2.24, 2.45) is 0 Å². The third-order valence-corrected chi connectivity index (χ3v) is 7.49. The molecular formula is C18H13Cl3OP. The monoisotopic (exact) mass is 381 g/mol. The first kappa shape index (κ1) is 16.8. The minimum Gasteiger partial charge on any atom is -0.366 e. The summed E-state index contributed by atoms with van der Waals surface area (Å²) in [4.78, 5) is 11.7. The molecule has 0 spiro atoms. The van der Waals surface area contributed by atoms with Crippen LogP contribution in [0.4, 0.5) is 0 Å². The zero-order valence-corrected chi connectivity index (χ0v) is 15.1. The van der Waals surface area contributed by atoms with Gasteiger partial charge in [-0.2, -0.15) is 0 Å². The van der Waals surface area contributed by atoms with Crippen LogP contribution in [0.1, 0.15) is 0 Å². The molecule has 1 radical (unpaired) electrons. The van der Waals surface area contributed by atoms with Gasteiger partial charge in [-0.15, -0.1) is 0 Å². The average molecular weight is 383 g/mol. The van der Waals surface area contributed by atoms with E-state index < -0.39 is 7.49 Å². The van der Waals surface area contributed by atoms with Gasteiger partial charge < -0.3 is 4.89 Å². The molecule has 3 aromatic rings. The molecule has 0 saturated heterocycles. The van der Waals surface area contributed by atoms with Gasteiger partial charge in [-0.1, -0.05) is 71.2 Å². The Bertz CT molecular complexity index is 688. The second-order valence-corrected chi connectivity index (χ2v) is 9.19. The van der Waals surface area contributed by atoms with Crippen molar-refractivity contribution in [1.29, 1.82) is 0 Å². The molecule has 0 heterocycles. The van der Waals surface area contributed by atoms with Crippen molar-refractivity contribution in [1.82, 2.24) is 0 Å². The van der Waals surface area contributed by atoms with Gasteiger partial charge in [0.15, 0.2) is 0 Å². The molecule has 0 fully saturated rings. The zero-order valence-electron chi connectivity index (χ0n) is 12.0. The zero-order chi connectivity index (χ0) is 16.4. The lowest BCUT2D eigenvalue weighted by Crippen LogP contribution is -2.30. The molecule has 3 aromatic carbocycles. The van der Waals surface area contributed by atoms with E-state index in [1.807, 2.05) is 36.4 Å². The smallest absolute Gasteiger partial charge is 0.0666 e. The minimum atomic E-state index is -2.76. The van der Waals surface area contributed by atoms with E-state index in [1.165, 1.54) is 0 Å². The van der Waals surface area contributed by atoms with Crippen molar-refractivity contribution in [3.05, 3.63) is 87.9 Å². The molecule has 117 valence electrons. The van der Waals surface area contributed by atoms with E-state index in [4.69, 9.17) is 34.8 Å². The Morgan fingerprint density at radius 2 is 0.696 bits per heavy atom. The highest BCUT2D eigenvalue weighted by atomic mass is 35.5. The fourth-order valence-corrected chi connectivity index (χ4v) is 5.43. The molecule has 0 unspecified atom stereocenters. The highest BCUT2D eigenvalue weighted by Gasteiger charge is 2.31. The van der Waals surface area contributed by atoms with Gasteiger partial charge in [-0.05, 0) is 36.4 Å². The second kappa shape index (κ2) is 6.81. The van der Waals surface area contributed by atoms with Gasteiger partial charge in [0.25, 0.3) is 0 Å². The van der Waals surface area contributed by atoms with Crippen molar-refractivity contribution in [3.63, 3.8) is 0 Å². The van der Waals surface area contributed by atoms with Gasteiger partial charge in [-0.25, -0.2) is 0 Å². The van der Waals surface area contributed by atoms with E-state index in [2.05, 4.69) is 0 Å². The van der Waals surface area contributed by atoms with Crippen molar-refractivity contribution < 1.29 is 4.89 Å². The fourth-order valence-electron chi connectivity index (χ4n) is 2.42. The van der Waals surface area contributed by atoms with Gasteiger partial charge in [0.1, 0.15) is 0 Å². The summed E-state index contributed by atoms with van der Waals surface area (Å²) >= 11 is 18.0. The molecule has 0 amide bonds. The molecule has 0 aliphatic rings. The summed E-state index contributed by atoms with van der Waals surface area (Å²) in [7, 11) is -2.76. The minimum absolute atomic E-state index is 0.632. The summed E-state index contributed by atoms with van der Waals surface area (Å²) in [5.74, 6) is 0. The topological polar surface area (TPSA) is 20.2 Å². The standard InChI is InChI=1S/C18H13Cl3OP/c19-13-1-7-16(8-2-13)23(22,17-9-3-14(20)4-10-17)18-11-5-15(21)6-12-18/h1-12,22H. The average Bonchev–Trinajstić information content (AvgIpc) is 2.56. The van der Waals surface area contributed by atoms with E-state index >= 15 is 0 Å². The Morgan fingerprint density at radius 1 is 0.478 bits per heavy atom. The number of hydrogen-bond acceptors (Lipinski definition) is 1. The molecule has 0 saturated carbocycles. The maximum atomic E-state index is 11.7. The van der Waals surface area contributed by atoms with Crippen molar-refractivity contribution >= 4 is 58.2 Å². The molecule has 3 rings (SSSR count). The van der Waals surface area contributed by atoms with Crippen LogP contribution in [0.25, 0.3) is 0 Å². The van der Waals surface area contributed by atoms with Crippen LogP contribution in [0.2, 0.25) is 15.1 Å². The van der Waals surface area contributed by atoms with E-state index in [-0.39, 0.29) is 0 Å². The molecule has 0 aliphatic carbocycles. The Hall–Kier alpha value is -1.08. The van der Waals surface area contributed by atoms with Crippen molar-refractivity contribution in [2.75, 3.05) is 0 Å². The Labute approximate surface area is 150 Å². The van der Waals surface area contributed by atoms with Crippen LogP contribution >= 0.6 is 42.3 Å². The van der Waals surface area contributed by atoms with Crippen molar-refractivity contribution in [2.45, 2.75) is 0 Å². The van der Waals surface area contributed by atoms with E-state index in [0.29, 0.717) is 15.1 Å². The van der Waals surface area contributed by atoms with Crippen LogP contribution in [-0.2, 0) is 0 Å². The molecule has 0 aromatic heterocycles. The maximum Gasteiger partial charge on any atom is 0.0666 e. The predicted octanol–water partition coefficient (Wildman–Crippen LogP) is 4.85. The lowest BCUT2D eigenvalue weighted by atomic mass is 10.3. The Balaban J connectivity index is 2.21. The molecule has 0 aliphatic heterocycles. The summed E-state index contributed by atoms with van der Waals surface area (Å²) in [6.45, 7) is 0. The molecule has 1 nitrogen and oxygen atoms in total. The largest absolute Gasteiger partial charge is 0.366 e. The van der Waals surface area contributed by atoms with Gasteiger partial charge in [0.2, 0.25) is 0 Å². The number of benzene rings is 3. The van der Waals surface area contributed by atoms with E-state index in [1.54, 1.807) is 36.4 Å². The normalized spacial score (nSPS) is 11.5. The number of halogens is 3. The molecule has 5 heteroatoms. The first-order chi connectivity index (χ1) is 11.0. The van der Waals surface area contributed by atoms with Crippen molar-refractivity contribution in [3.8, 4) is 0 Å². The summed E-state index contributed by atoms with van der Waals surface area (Å²) in [6.07, 6.45) is 0. The van der Waals surface area contributed by atoms with Gasteiger partial charge in [-0.3, -0.25) is 0 Å². The molecule has 23 heavy (non-hydrogen) atoms. The third-order valence-electron chi connectivity index (χ3n) is 3.60. The summed E-state index contributed by atoms with van der Waals surface area (Å²) in [5, 5.41) is 4.37. The third kappa shape index (κ3) is 3.40. The fraction of sp³-hybridized carbons (Fsp3) is 0. The van der Waals surface area contributed by atoms with E-state index in [0.717, 1.165) is 15.9 Å². The lowest BCUT2D eigenvalue weighted by molar-refractivity contribution is 0.633. The van der Waals surface area contributed by atoms with Crippen LogP contribution in [0.15, 0.2) is 72.8 Å². The molecule has 0 atom stereocenters. The highest BCUT2D eigenvalue weighted by molar-refractivity contribution is 7.91. The Morgan fingerprint density at radius 3 is 0.913 bits per heavy atom. The summed E-state index contributed by atoms with van der Waals surface area (Å²) < 4.78 is 0. The lowest BCUT2D eigenvalue weighted by Gasteiger charge is -2.32. The van der Waals surface area contributed by atoms with Crippen LogP contribution < -0.4 is 15.9 Å². The Kier molecular flexibility index (Phi) is 4.96. The summed E-state index contributed by atoms with van der Waals surface area (Å²) in [5.41, 5.74) is 0. The maximum absolute atomic E-state index is 11.7. The molecule has 0 bridgehead atoms. The molecular weight excluding hydrogens is 370 g/mol. The SMILES string of the molecule is O[P](c1ccc(Cl)cc1)(c1ccc(Cl)cc1)c1ccc(Cl)cc1. The van der Waals surface area contributed by atoms with Gasteiger partial charge >= 0.3 is 0 Å². The molecule has 1 N–H and O–H groups in total. The second-order valence-electron chi connectivity index (χ2n) is 5.06. The number of hydrogen-bond donors (Lipinski definition) is 1. The van der Waals surface area contributed by atoms with Crippen LogP contribution in [-0.4, -0.2) is 4.89 Å². The predicted molar refractivity (Wildman–Crippen MR) is 102 cm³/mol. The first-order valence-electron chi connectivity index (χ1n) is 6.90. The van der Waals surface area contributed by atoms with E-state index in [9.17, 15) is 4.89 Å². The number of rotatable bonds is 3. The first-order valence-corrected chi connectivity index (χ1v) is 9.78. The van der Waals surface area contributed by atoms with Gasteiger partial charge in [0, 0.05) is 31.0 Å². The van der Waals surface area contributed by atoms with Crippen LogP contribution in [0, 0.1) is 0 Å².